The van der Waals surface area contributed by atoms with E-state index in [2.05, 4.69) is 29.2 Å². The van der Waals surface area contributed by atoms with Gasteiger partial charge in [0.05, 0.1) is 36.7 Å². The van der Waals surface area contributed by atoms with E-state index in [9.17, 15) is 14.4 Å². The van der Waals surface area contributed by atoms with Crippen molar-refractivity contribution in [3.05, 3.63) is 65.2 Å². The Morgan fingerprint density at radius 2 is 1.63 bits per heavy atom. The normalized spacial score (nSPS) is 23.9. The van der Waals surface area contributed by atoms with Gasteiger partial charge in [-0.2, -0.15) is 0 Å². The number of esters is 1. The molecule has 0 N–H and O–H groups in total. The van der Waals surface area contributed by atoms with Crippen molar-refractivity contribution < 1.29 is 28.7 Å². The van der Waals surface area contributed by atoms with Crippen LogP contribution in [0.1, 0.15) is 54.6 Å². The van der Waals surface area contributed by atoms with E-state index in [1.54, 1.807) is 25.0 Å². The standard InChI is InChI=1S/C29H33N3O6/c1-20(2)36-27(35)38-32-17-15-30(16-18-32)22-9-7-21(8-10-22)28(11-12-28)26(34)31-14-13-29(19-31)24-6-4-3-5-23(24)25(33)37-29/h3-10,20H,11-19H2,1-2H3. The quantitative estimate of drug-likeness (QED) is 0.554. The third kappa shape index (κ3) is 4.28. The molecule has 1 spiro atoms. The zero-order chi connectivity index (χ0) is 26.5. The Bertz CT molecular complexity index is 1250. The molecule has 1 amide bonds. The lowest BCUT2D eigenvalue weighted by Crippen LogP contribution is -2.47. The molecule has 0 bridgehead atoms. The van der Waals surface area contributed by atoms with Crippen molar-refractivity contribution >= 4 is 23.7 Å². The second kappa shape index (κ2) is 9.31. The van der Waals surface area contributed by atoms with Gasteiger partial charge in [0.2, 0.25) is 5.91 Å². The number of hydrogen-bond donors (Lipinski definition) is 0. The second-order valence-electron chi connectivity index (χ2n) is 11.0. The fraction of sp³-hybridized carbons (Fsp3) is 0.483. The summed E-state index contributed by atoms with van der Waals surface area (Å²) in [6.45, 7) is 7.17. The van der Waals surface area contributed by atoms with Crippen LogP contribution in [0.2, 0.25) is 0 Å². The highest BCUT2D eigenvalue weighted by Gasteiger charge is 2.57. The maximum Gasteiger partial charge on any atom is 0.528 e. The van der Waals surface area contributed by atoms with E-state index < -0.39 is 17.2 Å². The molecule has 9 heteroatoms. The Labute approximate surface area is 222 Å². The Balaban J connectivity index is 1.08. The minimum atomic E-state index is -0.722. The van der Waals surface area contributed by atoms with Gasteiger partial charge in [-0.3, -0.25) is 4.79 Å². The molecule has 1 atom stereocenters. The van der Waals surface area contributed by atoms with Gasteiger partial charge < -0.3 is 24.1 Å². The van der Waals surface area contributed by atoms with Gasteiger partial charge in [-0.25, -0.2) is 9.59 Å². The highest BCUT2D eigenvalue weighted by Crippen LogP contribution is 2.52. The summed E-state index contributed by atoms with van der Waals surface area (Å²) in [5, 5.41) is 1.64. The summed E-state index contributed by atoms with van der Waals surface area (Å²) in [7, 11) is 0. The molecule has 6 rings (SSSR count). The number of carbonyl (C=O) groups excluding carboxylic acids is 3. The van der Waals surface area contributed by atoms with Crippen LogP contribution in [-0.2, 0) is 30.1 Å². The molecule has 3 heterocycles. The van der Waals surface area contributed by atoms with Gasteiger partial charge in [0.1, 0.15) is 0 Å². The molecule has 2 aromatic carbocycles. The van der Waals surface area contributed by atoms with Crippen molar-refractivity contribution in [1.29, 1.82) is 0 Å². The molecule has 1 saturated carbocycles. The molecule has 1 unspecified atom stereocenters. The number of carbonyl (C=O) groups is 3. The van der Waals surface area contributed by atoms with E-state index in [1.807, 2.05) is 23.1 Å². The molecule has 38 heavy (non-hydrogen) atoms. The SMILES string of the molecule is CC(C)OC(=O)ON1CCN(c2ccc(C3(C(=O)N4CCC5(C4)OC(=O)c4ccccc45)CC3)cc2)CC1. The van der Waals surface area contributed by atoms with Crippen LogP contribution in [0.15, 0.2) is 48.5 Å². The van der Waals surface area contributed by atoms with Gasteiger partial charge in [-0.1, -0.05) is 30.3 Å². The zero-order valence-corrected chi connectivity index (χ0v) is 21.9. The van der Waals surface area contributed by atoms with Crippen molar-refractivity contribution in [3.63, 3.8) is 0 Å². The monoisotopic (exact) mass is 519 g/mol. The van der Waals surface area contributed by atoms with Crippen LogP contribution in [0.4, 0.5) is 10.5 Å². The first-order chi connectivity index (χ1) is 18.3. The Kier molecular flexibility index (Phi) is 6.06. The first-order valence-electron chi connectivity index (χ1n) is 13.4. The Morgan fingerprint density at radius 3 is 2.32 bits per heavy atom. The number of amides is 1. The maximum atomic E-state index is 13.8. The predicted molar refractivity (Wildman–Crippen MR) is 139 cm³/mol. The number of piperazine rings is 1. The van der Waals surface area contributed by atoms with E-state index in [0.29, 0.717) is 51.3 Å². The molecule has 200 valence electrons. The predicted octanol–water partition coefficient (Wildman–Crippen LogP) is 3.62. The smallest absolute Gasteiger partial charge is 0.449 e. The van der Waals surface area contributed by atoms with Gasteiger partial charge in [0.15, 0.2) is 5.60 Å². The molecular weight excluding hydrogens is 486 g/mol. The summed E-state index contributed by atoms with van der Waals surface area (Å²) in [5.41, 5.74) is 2.42. The minimum absolute atomic E-state index is 0.126. The number of rotatable bonds is 5. The molecule has 3 fully saturated rings. The lowest BCUT2D eigenvalue weighted by atomic mass is 9.91. The third-order valence-corrected chi connectivity index (χ3v) is 8.16. The molecule has 4 aliphatic rings. The van der Waals surface area contributed by atoms with Crippen LogP contribution < -0.4 is 4.90 Å². The topological polar surface area (TPSA) is 88.6 Å². The number of anilines is 1. The number of ether oxygens (including phenoxy) is 2. The largest absolute Gasteiger partial charge is 0.528 e. The fourth-order valence-electron chi connectivity index (χ4n) is 6.01. The van der Waals surface area contributed by atoms with Crippen molar-refractivity contribution in [2.24, 2.45) is 0 Å². The molecule has 0 aromatic heterocycles. The number of hydrogen-bond acceptors (Lipinski definition) is 8. The second-order valence-corrected chi connectivity index (χ2v) is 11.0. The van der Waals surface area contributed by atoms with Crippen molar-refractivity contribution in [1.82, 2.24) is 9.96 Å². The van der Waals surface area contributed by atoms with Crippen LogP contribution in [0, 0.1) is 0 Å². The number of nitrogens with zero attached hydrogens (tertiary/aromatic N) is 3. The van der Waals surface area contributed by atoms with Crippen LogP contribution in [-0.4, -0.2) is 73.4 Å². The molecular formula is C29H33N3O6. The van der Waals surface area contributed by atoms with Crippen molar-refractivity contribution in [2.45, 2.75) is 50.2 Å². The third-order valence-electron chi connectivity index (χ3n) is 8.16. The summed E-state index contributed by atoms with van der Waals surface area (Å²) in [4.78, 5) is 47.4. The summed E-state index contributed by atoms with van der Waals surface area (Å²) in [6.07, 6.45) is 1.39. The van der Waals surface area contributed by atoms with Crippen LogP contribution in [0.5, 0.6) is 0 Å². The lowest BCUT2D eigenvalue weighted by molar-refractivity contribution is -0.135. The summed E-state index contributed by atoms with van der Waals surface area (Å²) < 4.78 is 10.9. The molecule has 2 aromatic rings. The number of fused-ring (bicyclic) bond motifs is 2. The zero-order valence-electron chi connectivity index (χ0n) is 21.9. The first kappa shape index (κ1) is 24.7. The Hall–Kier alpha value is -3.59. The van der Waals surface area contributed by atoms with Gasteiger partial charge in [-0.05, 0) is 50.5 Å². The van der Waals surface area contributed by atoms with E-state index in [0.717, 1.165) is 29.7 Å². The number of likely N-dealkylation sites (tertiary alicyclic amines) is 1. The first-order valence-corrected chi connectivity index (χ1v) is 13.4. The van der Waals surface area contributed by atoms with E-state index in [4.69, 9.17) is 14.3 Å². The molecule has 3 aliphatic heterocycles. The average molecular weight is 520 g/mol. The Morgan fingerprint density at radius 1 is 0.921 bits per heavy atom. The summed E-state index contributed by atoms with van der Waals surface area (Å²) in [6, 6.07) is 15.8. The number of benzene rings is 2. The summed E-state index contributed by atoms with van der Waals surface area (Å²) in [5.74, 6) is -0.170. The molecule has 0 radical (unpaired) electrons. The fourth-order valence-corrected chi connectivity index (χ4v) is 6.01. The van der Waals surface area contributed by atoms with Crippen molar-refractivity contribution in [2.75, 3.05) is 44.2 Å². The molecule has 2 saturated heterocycles. The molecule has 9 nitrogen and oxygen atoms in total. The van der Waals surface area contributed by atoms with E-state index in [-0.39, 0.29) is 18.0 Å². The molecule has 1 aliphatic carbocycles. The van der Waals surface area contributed by atoms with Gasteiger partial charge in [0, 0.05) is 37.3 Å². The highest BCUT2D eigenvalue weighted by molar-refractivity contribution is 5.96. The minimum Gasteiger partial charge on any atom is -0.449 e. The van der Waals surface area contributed by atoms with Crippen LogP contribution in [0.3, 0.4) is 0 Å². The van der Waals surface area contributed by atoms with Crippen LogP contribution >= 0.6 is 0 Å². The number of hydroxylamine groups is 2. The van der Waals surface area contributed by atoms with Crippen LogP contribution in [0.25, 0.3) is 0 Å². The average Bonchev–Trinajstić information content (AvgIpc) is 3.54. The van der Waals surface area contributed by atoms with E-state index >= 15 is 0 Å². The van der Waals surface area contributed by atoms with Gasteiger partial charge in [0.25, 0.3) is 0 Å². The summed E-state index contributed by atoms with van der Waals surface area (Å²) >= 11 is 0. The lowest BCUT2D eigenvalue weighted by Gasteiger charge is -2.34. The highest BCUT2D eigenvalue weighted by atomic mass is 16.8. The van der Waals surface area contributed by atoms with E-state index in [1.165, 1.54) is 0 Å². The van der Waals surface area contributed by atoms with Gasteiger partial charge in [-0.15, -0.1) is 5.06 Å². The van der Waals surface area contributed by atoms with Crippen molar-refractivity contribution in [3.8, 4) is 0 Å². The maximum absolute atomic E-state index is 13.8. The van der Waals surface area contributed by atoms with Gasteiger partial charge >= 0.3 is 12.1 Å².